The van der Waals surface area contributed by atoms with E-state index in [0.29, 0.717) is 39.1 Å². The van der Waals surface area contributed by atoms with Crippen LogP contribution in [0.4, 0.5) is 0 Å². The fraction of sp³-hybridized carbons (Fsp3) is 0.520. The Balaban J connectivity index is 1.56. The second kappa shape index (κ2) is 11.9. The van der Waals surface area contributed by atoms with E-state index in [1.54, 1.807) is 0 Å². The van der Waals surface area contributed by atoms with Gasteiger partial charge in [0, 0.05) is 19.0 Å². The Morgan fingerprint density at radius 1 is 1.09 bits per heavy atom. The van der Waals surface area contributed by atoms with Crippen molar-refractivity contribution >= 4 is 23.2 Å². The zero-order valence-corrected chi connectivity index (χ0v) is 20.1. The number of hydrogen-bond acceptors (Lipinski definition) is 5. The molecule has 6 nitrogen and oxygen atoms in total. The molecule has 0 bridgehead atoms. The lowest BCUT2D eigenvalue weighted by molar-refractivity contribution is -0.127. The maximum absolute atomic E-state index is 12.9. The number of rotatable bonds is 10. The molecule has 0 spiro atoms. The number of carbonyl (C=O) groups is 2. The van der Waals surface area contributed by atoms with Crippen LogP contribution in [-0.4, -0.2) is 43.0 Å². The van der Waals surface area contributed by atoms with Crippen molar-refractivity contribution < 1.29 is 19.1 Å². The molecule has 1 saturated heterocycles. The molecule has 32 heavy (non-hydrogen) atoms. The molecule has 1 aromatic heterocycles. The molecule has 0 aliphatic carbocycles. The Morgan fingerprint density at radius 2 is 1.78 bits per heavy atom. The minimum atomic E-state index is -0.141. The fourth-order valence-electron chi connectivity index (χ4n) is 3.77. The molecule has 1 aliphatic heterocycles. The maximum Gasteiger partial charge on any atom is 0.263 e. The van der Waals surface area contributed by atoms with Gasteiger partial charge >= 0.3 is 0 Å². The molecule has 1 aliphatic rings. The molecule has 0 saturated carbocycles. The van der Waals surface area contributed by atoms with Crippen molar-refractivity contribution in [3.8, 4) is 11.5 Å². The van der Waals surface area contributed by atoms with Gasteiger partial charge in [0.15, 0.2) is 11.5 Å². The largest absolute Gasteiger partial charge is 0.490 e. The highest BCUT2D eigenvalue weighted by molar-refractivity contribution is 7.12. The third-order valence-corrected chi connectivity index (χ3v) is 6.49. The van der Waals surface area contributed by atoms with E-state index < -0.39 is 0 Å². The van der Waals surface area contributed by atoms with Gasteiger partial charge in [-0.3, -0.25) is 9.59 Å². The highest BCUT2D eigenvalue weighted by Gasteiger charge is 2.29. The highest BCUT2D eigenvalue weighted by Crippen LogP contribution is 2.31. The molecule has 2 aromatic rings. The van der Waals surface area contributed by atoms with E-state index in [1.807, 2.05) is 47.5 Å². The van der Waals surface area contributed by atoms with Crippen molar-refractivity contribution in [2.45, 2.75) is 52.5 Å². The van der Waals surface area contributed by atoms with Crippen LogP contribution in [0, 0.1) is 5.92 Å². The van der Waals surface area contributed by atoms with Gasteiger partial charge < -0.3 is 19.7 Å². The van der Waals surface area contributed by atoms with Gasteiger partial charge in [0.25, 0.3) is 5.91 Å². The number of carbonyl (C=O) groups excluding carboxylic acids is 2. The first-order valence-corrected chi connectivity index (χ1v) is 12.4. The molecule has 2 heterocycles. The summed E-state index contributed by atoms with van der Waals surface area (Å²) >= 11 is 1.46. The summed E-state index contributed by atoms with van der Waals surface area (Å²) in [4.78, 5) is 28.0. The van der Waals surface area contributed by atoms with E-state index in [2.05, 4.69) is 19.2 Å². The summed E-state index contributed by atoms with van der Waals surface area (Å²) in [5.74, 6) is 1.50. The number of likely N-dealkylation sites (tertiary alicyclic amines) is 1. The van der Waals surface area contributed by atoms with E-state index in [0.717, 1.165) is 34.8 Å². The van der Waals surface area contributed by atoms with E-state index in [-0.39, 0.29) is 23.8 Å². The first-order chi connectivity index (χ1) is 15.5. The van der Waals surface area contributed by atoms with Gasteiger partial charge in [0.1, 0.15) is 0 Å². The third kappa shape index (κ3) is 6.25. The number of hydrogen-bond donors (Lipinski definition) is 1. The van der Waals surface area contributed by atoms with E-state index in [4.69, 9.17) is 9.47 Å². The minimum Gasteiger partial charge on any atom is -0.490 e. The van der Waals surface area contributed by atoms with Crippen LogP contribution in [-0.2, 0) is 4.79 Å². The monoisotopic (exact) mass is 458 g/mol. The number of nitrogens with one attached hydrogen (secondary N) is 1. The van der Waals surface area contributed by atoms with Crippen LogP contribution in [0.25, 0.3) is 0 Å². The van der Waals surface area contributed by atoms with Gasteiger partial charge in [0.05, 0.1) is 24.1 Å². The summed E-state index contributed by atoms with van der Waals surface area (Å²) in [5.41, 5.74) is 0.985. The number of nitrogens with zero attached hydrogens (tertiary/aromatic N) is 1. The summed E-state index contributed by atoms with van der Waals surface area (Å²) in [6.07, 6.45) is 3.21. The lowest BCUT2D eigenvalue weighted by atomic mass is 9.95. The van der Waals surface area contributed by atoms with Gasteiger partial charge in [-0.05, 0) is 61.7 Å². The predicted molar refractivity (Wildman–Crippen MR) is 128 cm³/mol. The van der Waals surface area contributed by atoms with E-state index in [1.165, 1.54) is 11.3 Å². The summed E-state index contributed by atoms with van der Waals surface area (Å²) < 4.78 is 11.7. The maximum atomic E-state index is 12.9. The molecule has 1 atom stereocenters. The molecule has 7 heteroatoms. The third-order valence-electron chi connectivity index (χ3n) is 5.63. The normalized spacial score (nSPS) is 15.3. The molecular weight excluding hydrogens is 424 g/mol. The van der Waals surface area contributed by atoms with Crippen molar-refractivity contribution in [3.05, 3.63) is 46.2 Å². The second-order valence-corrected chi connectivity index (χ2v) is 9.12. The number of amides is 2. The molecule has 3 rings (SSSR count). The topological polar surface area (TPSA) is 67.9 Å². The van der Waals surface area contributed by atoms with Gasteiger partial charge in [-0.25, -0.2) is 0 Å². The van der Waals surface area contributed by atoms with Crippen LogP contribution in [0.5, 0.6) is 11.5 Å². The van der Waals surface area contributed by atoms with E-state index in [9.17, 15) is 9.59 Å². The predicted octanol–water partition coefficient (Wildman–Crippen LogP) is 5.06. The van der Waals surface area contributed by atoms with Crippen molar-refractivity contribution in [1.29, 1.82) is 0 Å². The average molecular weight is 459 g/mol. The Kier molecular flexibility index (Phi) is 8.97. The molecule has 0 radical (unpaired) electrons. The number of thiophene rings is 1. The summed E-state index contributed by atoms with van der Waals surface area (Å²) in [5, 5.41) is 5.06. The van der Waals surface area contributed by atoms with Gasteiger partial charge in [-0.1, -0.05) is 26.0 Å². The van der Waals surface area contributed by atoms with Crippen LogP contribution in [0.1, 0.15) is 67.7 Å². The van der Waals surface area contributed by atoms with Crippen molar-refractivity contribution in [2.24, 2.45) is 5.92 Å². The lowest BCUT2D eigenvalue weighted by Crippen LogP contribution is -2.43. The van der Waals surface area contributed by atoms with Crippen LogP contribution in [0.2, 0.25) is 0 Å². The standard InChI is InChI=1S/C25H34N2O4S/c1-4-14-30-21-9-8-20(17-22(21)31-15-5-2)18(3)26-24(28)19-10-12-27(13-11-19)25(29)23-7-6-16-32-23/h6-9,16-19H,4-5,10-15H2,1-3H3,(H,26,28). The number of ether oxygens (including phenoxy) is 2. The molecule has 1 N–H and O–H groups in total. The zero-order valence-electron chi connectivity index (χ0n) is 19.3. The Hall–Kier alpha value is -2.54. The molecule has 174 valence electrons. The number of piperidine rings is 1. The first kappa shape index (κ1) is 24.1. The molecule has 1 fully saturated rings. The lowest BCUT2D eigenvalue weighted by Gasteiger charge is -2.31. The van der Waals surface area contributed by atoms with Crippen LogP contribution in [0.15, 0.2) is 35.7 Å². The van der Waals surface area contributed by atoms with Crippen LogP contribution >= 0.6 is 11.3 Å². The minimum absolute atomic E-state index is 0.0445. The highest BCUT2D eigenvalue weighted by atomic mass is 32.1. The smallest absolute Gasteiger partial charge is 0.263 e. The summed E-state index contributed by atoms with van der Waals surface area (Å²) in [6, 6.07) is 9.47. The average Bonchev–Trinajstić information content (AvgIpc) is 3.36. The Labute approximate surface area is 194 Å². The van der Waals surface area contributed by atoms with Crippen molar-refractivity contribution in [1.82, 2.24) is 10.2 Å². The summed E-state index contributed by atoms with van der Waals surface area (Å²) in [6.45, 7) is 8.61. The van der Waals surface area contributed by atoms with Crippen LogP contribution in [0.3, 0.4) is 0 Å². The quantitative estimate of drug-likeness (QED) is 0.541. The van der Waals surface area contributed by atoms with Gasteiger partial charge in [-0.2, -0.15) is 0 Å². The zero-order chi connectivity index (χ0) is 22.9. The second-order valence-electron chi connectivity index (χ2n) is 8.18. The molecular formula is C25H34N2O4S. The SMILES string of the molecule is CCCOc1ccc(C(C)NC(=O)C2CCN(C(=O)c3cccs3)CC2)cc1OCCC. The molecule has 1 aromatic carbocycles. The molecule has 1 unspecified atom stereocenters. The van der Waals surface area contributed by atoms with Crippen molar-refractivity contribution in [2.75, 3.05) is 26.3 Å². The Morgan fingerprint density at radius 3 is 2.41 bits per heavy atom. The molecule has 2 amide bonds. The van der Waals surface area contributed by atoms with Crippen LogP contribution < -0.4 is 14.8 Å². The number of benzene rings is 1. The van der Waals surface area contributed by atoms with Crippen molar-refractivity contribution in [3.63, 3.8) is 0 Å². The fourth-order valence-corrected chi connectivity index (χ4v) is 4.46. The van der Waals surface area contributed by atoms with E-state index >= 15 is 0 Å². The van der Waals surface area contributed by atoms with Gasteiger partial charge in [-0.15, -0.1) is 11.3 Å². The summed E-state index contributed by atoms with van der Waals surface area (Å²) in [7, 11) is 0. The first-order valence-electron chi connectivity index (χ1n) is 11.6. The van der Waals surface area contributed by atoms with Gasteiger partial charge in [0.2, 0.25) is 5.91 Å². The Bertz CT molecular complexity index is 876.